The summed E-state index contributed by atoms with van der Waals surface area (Å²) in [5, 5.41) is 17.1. The van der Waals surface area contributed by atoms with E-state index in [0.717, 1.165) is 31.4 Å². The zero-order valence-corrected chi connectivity index (χ0v) is 14.2. The minimum absolute atomic E-state index is 0.0630. The van der Waals surface area contributed by atoms with Crippen molar-refractivity contribution in [1.29, 1.82) is 0 Å². The lowest BCUT2D eigenvalue weighted by Crippen LogP contribution is -2.41. The molecule has 0 radical (unpaired) electrons. The number of aliphatic hydroxyl groups excluding tert-OH is 1. The number of nitrogens with one attached hydrogen (secondary N) is 1. The molecule has 1 fully saturated rings. The first-order chi connectivity index (χ1) is 10.3. The number of aromatic nitrogens is 2. The summed E-state index contributed by atoms with van der Waals surface area (Å²) in [4.78, 5) is 12.6. The number of amides is 1. The lowest BCUT2D eigenvalue weighted by molar-refractivity contribution is 0.0890. The summed E-state index contributed by atoms with van der Waals surface area (Å²) in [7, 11) is 1.81. The van der Waals surface area contributed by atoms with Crippen LogP contribution in [0.1, 0.15) is 69.1 Å². The second-order valence-corrected chi connectivity index (χ2v) is 7.45. The molecule has 124 valence electrons. The fourth-order valence-corrected chi connectivity index (χ4v) is 3.08. The molecule has 1 heterocycles. The van der Waals surface area contributed by atoms with Crippen LogP contribution in [0.15, 0.2) is 6.07 Å². The van der Waals surface area contributed by atoms with Crippen molar-refractivity contribution < 1.29 is 9.90 Å². The number of carbonyl (C=O) groups excluding carboxylic acids is 1. The Bertz CT molecular complexity index is 516. The van der Waals surface area contributed by atoms with Crippen molar-refractivity contribution in [3.8, 4) is 0 Å². The third-order valence-corrected chi connectivity index (χ3v) is 4.59. The number of carbonyl (C=O) groups is 1. The van der Waals surface area contributed by atoms with E-state index < -0.39 is 0 Å². The molecule has 1 aliphatic carbocycles. The molecule has 0 aliphatic heterocycles. The topological polar surface area (TPSA) is 67.2 Å². The van der Waals surface area contributed by atoms with Gasteiger partial charge in [0.15, 0.2) is 0 Å². The van der Waals surface area contributed by atoms with Gasteiger partial charge in [-0.1, -0.05) is 40.0 Å². The molecule has 2 N–H and O–H groups in total. The van der Waals surface area contributed by atoms with Crippen LogP contribution in [0.4, 0.5) is 0 Å². The molecule has 22 heavy (non-hydrogen) atoms. The predicted molar refractivity (Wildman–Crippen MR) is 86.8 cm³/mol. The third kappa shape index (κ3) is 3.88. The van der Waals surface area contributed by atoms with Crippen LogP contribution in [0, 0.1) is 5.92 Å². The number of aliphatic hydroxyl groups is 1. The summed E-state index contributed by atoms with van der Waals surface area (Å²) >= 11 is 0. The first-order valence-corrected chi connectivity index (χ1v) is 8.29. The van der Waals surface area contributed by atoms with E-state index in [9.17, 15) is 9.90 Å². The SMILES string of the molecule is Cn1nc(C(C)(C)C)cc1C(=O)NC1CCCCCC1CO. The summed E-state index contributed by atoms with van der Waals surface area (Å²) in [6.07, 6.45) is 5.36. The summed E-state index contributed by atoms with van der Waals surface area (Å²) in [6.45, 7) is 6.40. The smallest absolute Gasteiger partial charge is 0.269 e. The van der Waals surface area contributed by atoms with Crippen LogP contribution in [0.5, 0.6) is 0 Å². The second-order valence-electron chi connectivity index (χ2n) is 7.45. The van der Waals surface area contributed by atoms with Gasteiger partial charge in [0, 0.05) is 31.0 Å². The maximum absolute atomic E-state index is 12.6. The van der Waals surface area contributed by atoms with Gasteiger partial charge < -0.3 is 10.4 Å². The van der Waals surface area contributed by atoms with Crippen LogP contribution in [0.25, 0.3) is 0 Å². The molecular formula is C17H29N3O2. The normalized spacial score (nSPS) is 23.1. The van der Waals surface area contributed by atoms with Crippen molar-refractivity contribution in [1.82, 2.24) is 15.1 Å². The van der Waals surface area contributed by atoms with E-state index in [1.807, 2.05) is 6.07 Å². The number of hydrogen-bond donors (Lipinski definition) is 2. The van der Waals surface area contributed by atoms with Gasteiger partial charge in [-0.15, -0.1) is 0 Å². The van der Waals surface area contributed by atoms with Crippen LogP contribution in [-0.4, -0.2) is 33.4 Å². The van der Waals surface area contributed by atoms with Crippen molar-refractivity contribution in [2.75, 3.05) is 6.61 Å². The van der Waals surface area contributed by atoms with E-state index in [0.29, 0.717) is 5.69 Å². The fraction of sp³-hybridized carbons (Fsp3) is 0.765. The maximum atomic E-state index is 12.6. The molecule has 2 rings (SSSR count). The summed E-state index contributed by atoms with van der Waals surface area (Å²) < 4.78 is 1.65. The third-order valence-electron chi connectivity index (χ3n) is 4.59. The van der Waals surface area contributed by atoms with E-state index in [2.05, 4.69) is 31.2 Å². The van der Waals surface area contributed by atoms with Crippen molar-refractivity contribution in [3.05, 3.63) is 17.5 Å². The Labute approximate surface area is 133 Å². The number of aryl methyl sites for hydroxylation is 1. The number of hydrogen-bond acceptors (Lipinski definition) is 3. The molecule has 0 spiro atoms. The highest BCUT2D eigenvalue weighted by molar-refractivity contribution is 5.92. The van der Waals surface area contributed by atoms with Crippen LogP contribution >= 0.6 is 0 Å². The summed E-state index contributed by atoms with van der Waals surface area (Å²) in [6, 6.07) is 1.94. The molecule has 1 amide bonds. The molecule has 1 aliphatic rings. The van der Waals surface area contributed by atoms with Crippen molar-refractivity contribution in [2.24, 2.45) is 13.0 Å². The minimum atomic E-state index is -0.0872. The zero-order valence-electron chi connectivity index (χ0n) is 14.2. The standard InChI is InChI=1S/C17H29N3O2/c1-17(2,3)15-10-14(20(4)19-15)16(22)18-13-9-7-5-6-8-12(13)11-21/h10,12-13,21H,5-9,11H2,1-4H3,(H,18,22). The second kappa shape index (κ2) is 6.82. The minimum Gasteiger partial charge on any atom is -0.396 e. The molecule has 2 atom stereocenters. The molecular weight excluding hydrogens is 278 g/mol. The maximum Gasteiger partial charge on any atom is 0.269 e. The van der Waals surface area contributed by atoms with Gasteiger partial charge in [-0.25, -0.2) is 0 Å². The van der Waals surface area contributed by atoms with Gasteiger partial charge >= 0.3 is 0 Å². The van der Waals surface area contributed by atoms with E-state index >= 15 is 0 Å². The molecule has 1 aromatic rings. The molecule has 0 bridgehead atoms. The predicted octanol–water partition coefficient (Wildman–Crippen LogP) is 2.39. The van der Waals surface area contributed by atoms with Crippen LogP contribution < -0.4 is 5.32 Å². The quantitative estimate of drug-likeness (QED) is 0.843. The van der Waals surface area contributed by atoms with Gasteiger partial charge in [0.25, 0.3) is 5.91 Å². The lowest BCUT2D eigenvalue weighted by atomic mass is 9.92. The van der Waals surface area contributed by atoms with Crippen molar-refractivity contribution in [2.45, 2.75) is 64.3 Å². The molecule has 0 aromatic carbocycles. The first-order valence-electron chi connectivity index (χ1n) is 8.29. The first kappa shape index (κ1) is 17.0. The highest BCUT2D eigenvalue weighted by atomic mass is 16.3. The Morgan fingerprint density at radius 1 is 1.36 bits per heavy atom. The average Bonchev–Trinajstić information content (AvgIpc) is 2.70. The van der Waals surface area contributed by atoms with E-state index in [1.165, 1.54) is 6.42 Å². The van der Waals surface area contributed by atoms with Gasteiger partial charge in [-0.3, -0.25) is 9.48 Å². The highest BCUT2D eigenvalue weighted by Gasteiger charge is 2.27. The Morgan fingerprint density at radius 2 is 2.05 bits per heavy atom. The fourth-order valence-electron chi connectivity index (χ4n) is 3.08. The Hall–Kier alpha value is -1.36. The van der Waals surface area contributed by atoms with Gasteiger partial charge in [-0.05, 0) is 18.9 Å². The van der Waals surface area contributed by atoms with Crippen molar-refractivity contribution in [3.63, 3.8) is 0 Å². The average molecular weight is 307 g/mol. The number of rotatable bonds is 3. The monoisotopic (exact) mass is 307 g/mol. The van der Waals surface area contributed by atoms with E-state index in [1.54, 1.807) is 11.7 Å². The summed E-state index contributed by atoms with van der Waals surface area (Å²) in [5.74, 6) is 0.0811. The Morgan fingerprint density at radius 3 is 2.64 bits per heavy atom. The van der Waals surface area contributed by atoms with Crippen molar-refractivity contribution >= 4 is 5.91 Å². The van der Waals surface area contributed by atoms with Crippen LogP contribution in [0.3, 0.4) is 0 Å². The van der Waals surface area contributed by atoms with Gasteiger partial charge in [-0.2, -0.15) is 5.10 Å². The molecule has 5 heteroatoms. The van der Waals surface area contributed by atoms with E-state index in [-0.39, 0.29) is 29.9 Å². The Balaban J connectivity index is 2.12. The van der Waals surface area contributed by atoms with E-state index in [4.69, 9.17) is 0 Å². The molecule has 0 saturated heterocycles. The molecule has 2 unspecified atom stereocenters. The Kier molecular flexibility index (Phi) is 5.27. The van der Waals surface area contributed by atoms with Crippen LogP contribution in [0.2, 0.25) is 0 Å². The number of nitrogens with zero attached hydrogens (tertiary/aromatic N) is 2. The van der Waals surface area contributed by atoms with Gasteiger partial charge in [0.2, 0.25) is 0 Å². The molecule has 1 saturated carbocycles. The highest BCUT2D eigenvalue weighted by Crippen LogP contribution is 2.24. The lowest BCUT2D eigenvalue weighted by Gasteiger charge is -2.24. The van der Waals surface area contributed by atoms with Crippen LogP contribution in [-0.2, 0) is 12.5 Å². The van der Waals surface area contributed by atoms with Gasteiger partial charge in [0.05, 0.1) is 5.69 Å². The molecule has 5 nitrogen and oxygen atoms in total. The zero-order chi connectivity index (χ0) is 16.3. The largest absolute Gasteiger partial charge is 0.396 e. The molecule has 1 aromatic heterocycles. The summed E-state index contributed by atoms with van der Waals surface area (Å²) in [5.41, 5.74) is 1.43. The van der Waals surface area contributed by atoms with Gasteiger partial charge in [0.1, 0.15) is 5.69 Å².